The lowest BCUT2D eigenvalue weighted by Gasteiger charge is -2.16. The van der Waals surface area contributed by atoms with Crippen molar-refractivity contribution in [1.29, 1.82) is 0 Å². The average molecular weight is 459 g/mol. The molecule has 5 rings (SSSR count). The third kappa shape index (κ3) is 4.17. The fourth-order valence-corrected chi connectivity index (χ4v) is 4.18. The lowest BCUT2D eigenvalue weighted by molar-refractivity contribution is 0.415. The fourth-order valence-electron chi connectivity index (χ4n) is 4.02. The van der Waals surface area contributed by atoms with Gasteiger partial charge in [0.15, 0.2) is 0 Å². The predicted octanol–water partition coefficient (Wildman–Crippen LogP) is 6.13. The normalized spacial score (nSPS) is 11.1. The van der Waals surface area contributed by atoms with Crippen LogP contribution >= 0.6 is 11.6 Å². The Labute approximate surface area is 196 Å². The monoisotopic (exact) mass is 458 g/mol. The second kappa shape index (κ2) is 9.00. The maximum atomic E-state index is 6.23. The average Bonchev–Trinajstić information content (AvgIpc) is 2.85. The zero-order valence-electron chi connectivity index (χ0n) is 18.4. The molecule has 0 saturated heterocycles. The van der Waals surface area contributed by atoms with Crippen LogP contribution < -0.4 is 20.1 Å². The molecule has 7 heteroatoms. The van der Waals surface area contributed by atoms with Gasteiger partial charge in [-0.25, -0.2) is 4.98 Å². The van der Waals surface area contributed by atoms with Crippen molar-refractivity contribution in [1.82, 2.24) is 9.97 Å². The van der Waals surface area contributed by atoms with Crippen LogP contribution in [0.3, 0.4) is 0 Å². The van der Waals surface area contributed by atoms with Gasteiger partial charge < -0.3 is 20.1 Å². The summed E-state index contributed by atoms with van der Waals surface area (Å²) in [6.07, 6.45) is 1.80. The Bertz CT molecular complexity index is 1470. The summed E-state index contributed by atoms with van der Waals surface area (Å²) in [7, 11) is 3.34. The van der Waals surface area contributed by atoms with E-state index in [-0.39, 0.29) is 0 Å². The van der Waals surface area contributed by atoms with Crippen LogP contribution in [0.4, 0.5) is 11.4 Å². The van der Waals surface area contributed by atoms with Crippen molar-refractivity contribution in [3.63, 3.8) is 0 Å². The first-order chi connectivity index (χ1) is 16.2. The van der Waals surface area contributed by atoms with Gasteiger partial charge >= 0.3 is 0 Å². The maximum absolute atomic E-state index is 6.23. The molecule has 33 heavy (non-hydrogen) atoms. The lowest BCUT2D eigenvalue weighted by atomic mass is 10.1. The number of methoxy groups -OCH3 is 2. The first kappa shape index (κ1) is 21.1. The molecule has 0 radical (unpaired) electrons. The number of nitrogens with one attached hydrogen (secondary N) is 2. The summed E-state index contributed by atoms with van der Waals surface area (Å²) in [6, 6.07) is 19.6. The number of fused-ring (bicyclic) bond motifs is 3. The number of anilines is 2. The van der Waals surface area contributed by atoms with E-state index >= 15 is 0 Å². The predicted molar refractivity (Wildman–Crippen MR) is 136 cm³/mol. The number of ether oxygens (including phenoxy) is 2. The smallest absolute Gasteiger partial charge is 0.121 e. The molecule has 2 heterocycles. The van der Waals surface area contributed by atoms with Crippen molar-refractivity contribution >= 4 is 55.7 Å². The number of hydrogen-bond donors (Lipinski definition) is 2. The minimum atomic E-state index is 0.660. The van der Waals surface area contributed by atoms with E-state index < -0.39 is 0 Å². The molecule has 0 saturated carbocycles. The number of pyridine rings is 2. The number of benzene rings is 3. The maximum Gasteiger partial charge on any atom is 0.121 e. The zero-order chi connectivity index (χ0) is 22.8. The number of aromatic nitrogens is 2. The summed E-state index contributed by atoms with van der Waals surface area (Å²) >= 11 is 6.23. The molecule has 0 unspecified atom stereocenters. The van der Waals surface area contributed by atoms with Gasteiger partial charge in [-0.1, -0.05) is 17.7 Å². The van der Waals surface area contributed by atoms with Crippen LogP contribution in [0, 0.1) is 0 Å². The van der Waals surface area contributed by atoms with E-state index in [4.69, 9.17) is 26.1 Å². The molecule has 0 aliphatic heterocycles. The second-order valence-electron chi connectivity index (χ2n) is 7.63. The molecule has 0 aliphatic carbocycles. The fraction of sp³-hybridized carbons (Fsp3) is 0.154. The highest BCUT2D eigenvalue weighted by atomic mass is 35.5. The van der Waals surface area contributed by atoms with Gasteiger partial charge in [0.25, 0.3) is 0 Å². The van der Waals surface area contributed by atoms with Crippen molar-refractivity contribution in [2.24, 2.45) is 0 Å². The summed E-state index contributed by atoms with van der Waals surface area (Å²) in [5.74, 6) is 1.58. The molecule has 5 aromatic rings. The summed E-state index contributed by atoms with van der Waals surface area (Å²) in [5.41, 5.74) is 4.57. The minimum absolute atomic E-state index is 0.660. The molecule has 6 nitrogen and oxygen atoms in total. The Morgan fingerprint density at radius 2 is 1.67 bits per heavy atom. The second-order valence-corrected chi connectivity index (χ2v) is 8.07. The third-order valence-corrected chi connectivity index (χ3v) is 5.83. The van der Waals surface area contributed by atoms with E-state index in [0.717, 1.165) is 55.6 Å². The van der Waals surface area contributed by atoms with Crippen molar-refractivity contribution in [3.8, 4) is 11.5 Å². The molecular formula is C26H23ClN4O2. The van der Waals surface area contributed by atoms with Crippen LogP contribution in [0.25, 0.3) is 32.7 Å². The molecule has 0 spiro atoms. The number of hydrogen-bond acceptors (Lipinski definition) is 6. The van der Waals surface area contributed by atoms with Crippen molar-refractivity contribution in [2.45, 2.75) is 0 Å². The van der Waals surface area contributed by atoms with Crippen LogP contribution in [-0.4, -0.2) is 37.3 Å². The van der Waals surface area contributed by atoms with Crippen molar-refractivity contribution in [3.05, 3.63) is 71.9 Å². The molecule has 0 fully saturated rings. The quantitative estimate of drug-likeness (QED) is 0.226. The molecule has 0 bridgehead atoms. The first-order valence-corrected chi connectivity index (χ1v) is 11.0. The van der Waals surface area contributed by atoms with Gasteiger partial charge in [0.05, 0.1) is 42.1 Å². The number of rotatable bonds is 7. The highest BCUT2D eigenvalue weighted by molar-refractivity contribution is 6.31. The van der Waals surface area contributed by atoms with Gasteiger partial charge in [-0.3, -0.25) is 4.98 Å². The molecule has 2 aromatic heterocycles. The minimum Gasteiger partial charge on any atom is -0.497 e. The zero-order valence-corrected chi connectivity index (χ0v) is 19.1. The standard InChI is InChI=1S/C26H23ClN4O2/c1-32-18-6-8-22-21(14-18)26(20-7-5-17(27)13-23(20)31-22)30-11-10-28-24-15-19(33-2)12-16-4-3-9-29-25(16)24/h3-9,12-15,28H,10-11H2,1-2H3,(H,30,31). The van der Waals surface area contributed by atoms with Gasteiger partial charge in [-0.15, -0.1) is 0 Å². The summed E-state index contributed by atoms with van der Waals surface area (Å²) in [6.45, 7) is 1.36. The highest BCUT2D eigenvalue weighted by Crippen LogP contribution is 2.34. The lowest BCUT2D eigenvalue weighted by Crippen LogP contribution is -2.14. The molecule has 0 aliphatic rings. The summed E-state index contributed by atoms with van der Waals surface area (Å²) in [5, 5.41) is 10.8. The van der Waals surface area contributed by atoms with Gasteiger partial charge in [0.1, 0.15) is 11.5 Å². The summed E-state index contributed by atoms with van der Waals surface area (Å²) < 4.78 is 10.9. The molecular weight excluding hydrogens is 436 g/mol. The van der Waals surface area contributed by atoms with Crippen molar-refractivity contribution < 1.29 is 9.47 Å². The SMILES string of the molecule is COc1cc(NCCNc2c3ccc(Cl)cc3nc3ccc(OC)cc23)c2ncccc2c1. The van der Waals surface area contributed by atoms with Crippen LogP contribution in [0.5, 0.6) is 11.5 Å². The van der Waals surface area contributed by atoms with Crippen LogP contribution in [0.2, 0.25) is 5.02 Å². The third-order valence-electron chi connectivity index (χ3n) is 5.60. The molecule has 166 valence electrons. The number of halogens is 1. The van der Waals surface area contributed by atoms with E-state index in [1.807, 2.05) is 60.7 Å². The largest absolute Gasteiger partial charge is 0.497 e. The first-order valence-electron chi connectivity index (χ1n) is 10.6. The van der Waals surface area contributed by atoms with Gasteiger partial charge in [0.2, 0.25) is 0 Å². The van der Waals surface area contributed by atoms with Gasteiger partial charge in [0, 0.05) is 46.5 Å². The Morgan fingerprint density at radius 3 is 2.52 bits per heavy atom. The Morgan fingerprint density at radius 1 is 0.818 bits per heavy atom. The molecule has 2 N–H and O–H groups in total. The van der Waals surface area contributed by atoms with E-state index in [1.165, 1.54) is 0 Å². The van der Waals surface area contributed by atoms with E-state index in [1.54, 1.807) is 20.4 Å². The van der Waals surface area contributed by atoms with E-state index in [9.17, 15) is 0 Å². The van der Waals surface area contributed by atoms with Crippen molar-refractivity contribution in [2.75, 3.05) is 37.9 Å². The van der Waals surface area contributed by atoms with E-state index in [0.29, 0.717) is 18.1 Å². The van der Waals surface area contributed by atoms with Crippen LogP contribution in [0.1, 0.15) is 0 Å². The molecule has 0 atom stereocenters. The van der Waals surface area contributed by atoms with Crippen LogP contribution in [0.15, 0.2) is 66.9 Å². The summed E-state index contributed by atoms with van der Waals surface area (Å²) in [4.78, 5) is 9.32. The Hall–Kier alpha value is -3.77. The topological polar surface area (TPSA) is 68.3 Å². The van der Waals surface area contributed by atoms with Gasteiger partial charge in [-0.2, -0.15) is 0 Å². The molecule has 0 amide bonds. The van der Waals surface area contributed by atoms with Crippen LogP contribution in [-0.2, 0) is 0 Å². The van der Waals surface area contributed by atoms with Gasteiger partial charge in [-0.05, 0) is 48.5 Å². The highest BCUT2D eigenvalue weighted by Gasteiger charge is 2.11. The number of nitrogens with zero attached hydrogens (tertiary/aromatic N) is 2. The molecule has 3 aromatic carbocycles. The Balaban J connectivity index is 1.44. The van der Waals surface area contributed by atoms with E-state index in [2.05, 4.69) is 15.6 Å². The Kier molecular flexibility index (Phi) is 5.75.